The van der Waals surface area contributed by atoms with Crippen LogP contribution in [0.15, 0.2) is 0 Å². The quantitative estimate of drug-likeness (QED) is 0.295. The largest absolute Gasteiger partial charge is 0.476 e. The lowest BCUT2D eigenvalue weighted by atomic mass is 9.79. The van der Waals surface area contributed by atoms with Gasteiger partial charge in [-0.15, -0.1) is 0 Å². The van der Waals surface area contributed by atoms with Gasteiger partial charge >= 0.3 is 0 Å². The topological polar surface area (TPSA) is 26.3 Å². The van der Waals surface area contributed by atoms with Gasteiger partial charge in [-0.05, 0) is 0 Å². The Labute approximate surface area is 36.7 Å². The standard InChI is InChI=1S/C3H4BO2/c5-3-1-4-2-6-3/h1-2H2. The fraction of sp³-hybridized carbons (Fsp3) is 0.667. The minimum absolute atomic E-state index is 0.102. The van der Waals surface area contributed by atoms with Gasteiger partial charge in [0.1, 0.15) is 0 Å². The molecule has 31 valence electrons. The molecule has 1 saturated heterocycles. The van der Waals surface area contributed by atoms with Crippen LogP contribution < -0.4 is 0 Å². The Morgan fingerprint density at radius 1 is 1.83 bits per heavy atom. The summed E-state index contributed by atoms with van der Waals surface area (Å²) in [7, 11) is 1.81. The second-order valence-corrected chi connectivity index (χ2v) is 1.18. The Morgan fingerprint density at radius 3 is 2.83 bits per heavy atom. The third kappa shape index (κ3) is 0.532. The van der Waals surface area contributed by atoms with E-state index < -0.39 is 0 Å². The van der Waals surface area contributed by atoms with Crippen LogP contribution in [0.5, 0.6) is 0 Å². The number of carbonyl (C=O) groups is 1. The molecule has 0 saturated carbocycles. The zero-order chi connectivity index (χ0) is 4.41. The monoisotopic (exact) mass is 83.0 g/mol. The SMILES string of the molecule is O=C1C[B]CO1. The minimum atomic E-state index is -0.102. The maximum Gasteiger partial charge on any atom is 0.297 e. The molecule has 0 amide bonds. The molecule has 0 N–H and O–H groups in total. The lowest BCUT2D eigenvalue weighted by Gasteiger charge is -1.82. The normalized spacial score (nSPS) is 19.7. The molecule has 1 fully saturated rings. The van der Waals surface area contributed by atoms with Gasteiger partial charge in [0.05, 0.1) is 6.51 Å². The summed E-state index contributed by atoms with van der Waals surface area (Å²) >= 11 is 0. The molecule has 0 aromatic heterocycles. The zero-order valence-corrected chi connectivity index (χ0v) is 3.31. The van der Waals surface area contributed by atoms with Crippen LogP contribution in [0.3, 0.4) is 0 Å². The molecule has 0 bridgehead atoms. The Balaban J connectivity index is 2.37. The van der Waals surface area contributed by atoms with Gasteiger partial charge < -0.3 is 4.74 Å². The van der Waals surface area contributed by atoms with E-state index in [1.807, 2.05) is 7.28 Å². The van der Waals surface area contributed by atoms with E-state index in [0.717, 1.165) is 0 Å². The summed E-state index contributed by atoms with van der Waals surface area (Å²) < 4.78 is 4.46. The number of esters is 1. The average Bonchev–Trinajstić information content (AvgIpc) is 1.86. The molecular weight excluding hydrogens is 78.8 g/mol. The van der Waals surface area contributed by atoms with Gasteiger partial charge in [0.15, 0.2) is 7.28 Å². The van der Waals surface area contributed by atoms with Gasteiger partial charge in [0, 0.05) is 6.32 Å². The van der Waals surface area contributed by atoms with Crippen LogP contribution in [-0.2, 0) is 9.53 Å². The lowest BCUT2D eigenvalue weighted by Crippen LogP contribution is -1.87. The summed E-state index contributed by atoms with van der Waals surface area (Å²) in [5, 5.41) is 0. The fourth-order valence-electron chi connectivity index (χ4n) is 0.388. The number of rotatable bonds is 0. The average molecular weight is 82.9 g/mol. The number of cyclic esters (lactones) is 1. The van der Waals surface area contributed by atoms with E-state index in [-0.39, 0.29) is 5.97 Å². The van der Waals surface area contributed by atoms with Crippen molar-refractivity contribution in [3.63, 3.8) is 0 Å². The molecule has 0 aromatic rings. The van der Waals surface area contributed by atoms with Crippen molar-refractivity contribution in [1.82, 2.24) is 0 Å². The van der Waals surface area contributed by atoms with Crippen molar-refractivity contribution in [2.45, 2.75) is 6.32 Å². The number of ether oxygens (including phenoxy) is 1. The third-order valence-corrected chi connectivity index (χ3v) is 0.673. The van der Waals surface area contributed by atoms with Crippen molar-refractivity contribution in [2.75, 3.05) is 6.51 Å². The molecule has 1 aliphatic heterocycles. The molecule has 0 unspecified atom stereocenters. The summed E-state index contributed by atoms with van der Waals surface area (Å²) in [6.07, 6.45) is 0.500. The van der Waals surface area contributed by atoms with Crippen LogP contribution in [0, 0.1) is 0 Å². The zero-order valence-electron chi connectivity index (χ0n) is 3.31. The van der Waals surface area contributed by atoms with Crippen molar-refractivity contribution in [3.05, 3.63) is 0 Å². The lowest BCUT2D eigenvalue weighted by molar-refractivity contribution is -0.137. The van der Waals surface area contributed by atoms with E-state index >= 15 is 0 Å². The molecule has 0 atom stereocenters. The van der Waals surface area contributed by atoms with Crippen LogP contribution in [0.4, 0.5) is 0 Å². The Kier molecular flexibility index (Phi) is 0.822. The molecule has 2 nitrogen and oxygen atoms in total. The first-order valence-corrected chi connectivity index (χ1v) is 1.87. The van der Waals surface area contributed by atoms with Gasteiger partial charge in [-0.25, -0.2) is 0 Å². The van der Waals surface area contributed by atoms with Crippen LogP contribution in [0.25, 0.3) is 0 Å². The van der Waals surface area contributed by atoms with E-state index in [9.17, 15) is 4.79 Å². The summed E-state index contributed by atoms with van der Waals surface area (Å²) in [5.74, 6) is -0.102. The van der Waals surface area contributed by atoms with E-state index in [4.69, 9.17) is 0 Å². The maximum atomic E-state index is 9.99. The highest BCUT2D eigenvalue weighted by Gasteiger charge is 2.10. The van der Waals surface area contributed by atoms with E-state index in [0.29, 0.717) is 12.8 Å². The first-order chi connectivity index (χ1) is 2.89. The molecule has 1 rings (SSSR count). The van der Waals surface area contributed by atoms with Crippen molar-refractivity contribution >= 4 is 13.2 Å². The highest BCUT2D eigenvalue weighted by atomic mass is 16.5. The molecule has 1 radical (unpaired) electrons. The van der Waals surface area contributed by atoms with Gasteiger partial charge in [0.25, 0.3) is 5.97 Å². The molecule has 0 aliphatic carbocycles. The van der Waals surface area contributed by atoms with Crippen LogP contribution in [0.1, 0.15) is 0 Å². The minimum Gasteiger partial charge on any atom is -0.476 e. The van der Waals surface area contributed by atoms with Crippen molar-refractivity contribution in [1.29, 1.82) is 0 Å². The Morgan fingerprint density at radius 2 is 2.67 bits per heavy atom. The summed E-state index contributed by atoms with van der Waals surface area (Å²) in [5.41, 5.74) is 0. The van der Waals surface area contributed by atoms with Gasteiger partial charge in [-0.2, -0.15) is 0 Å². The molecule has 1 heterocycles. The van der Waals surface area contributed by atoms with Gasteiger partial charge in [-0.1, -0.05) is 0 Å². The van der Waals surface area contributed by atoms with E-state index in [1.54, 1.807) is 0 Å². The van der Waals surface area contributed by atoms with Gasteiger partial charge in [-0.3, -0.25) is 4.79 Å². The Hall–Kier alpha value is -0.465. The third-order valence-electron chi connectivity index (χ3n) is 0.673. The van der Waals surface area contributed by atoms with Crippen LogP contribution >= 0.6 is 0 Å². The molecular formula is C3H4BO2. The summed E-state index contributed by atoms with van der Waals surface area (Å²) in [6.45, 7) is 0.513. The van der Waals surface area contributed by atoms with E-state index in [2.05, 4.69) is 4.74 Å². The van der Waals surface area contributed by atoms with Gasteiger partial charge in [0.2, 0.25) is 0 Å². The first-order valence-electron chi connectivity index (χ1n) is 1.87. The Bertz CT molecular complexity index is 63.2. The summed E-state index contributed by atoms with van der Waals surface area (Å²) in [4.78, 5) is 9.99. The number of carbonyl (C=O) groups excluding carboxylic acids is 1. The highest BCUT2D eigenvalue weighted by molar-refractivity contribution is 6.43. The molecule has 6 heavy (non-hydrogen) atoms. The molecule has 0 spiro atoms. The second kappa shape index (κ2) is 1.33. The predicted octanol–water partition coefficient (Wildman–Crippen LogP) is -0.377. The number of hydrogen-bond donors (Lipinski definition) is 0. The van der Waals surface area contributed by atoms with E-state index in [1.165, 1.54) is 0 Å². The highest BCUT2D eigenvalue weighted by Crippen LogP contribution is 1.93. The number of hydrogen-bond acceptors (Lipinski definition) is 2. The molecule has 1 aliphatic rings. The second-order valence-electron chi connectivity index (χ2n) is 1.18. The maximum absolute atomic E-state index is 9.99. The van der Waals surface area contributed by atoms with Crippen LogP contribution in [0.2, 0.25) is 6.32 Å². The molecule has 0 aromatic carbocycles. The predicted molar refractivity (Wildman–Crippen MR) is 21.5 cm³/mol. The van der Waals surface area contributed by atoms with Crippen molar-refractivity contribution in [2.24, 2.45) is 0 Å². The van der Waals surface area contributed by atoms with Crippen molar-refractivity contribution < 1.29 is 9.53 Å². The fourth-order valence-corrected chi connectivity index (χ4v) is 0.388. The van der Waals surface area contributed by atoms with Crippen molar-refractivity contribution in [3.8, 4) is 0 Å². The smallest absolute Gasteiger partial charge is 0.297 e. The summed E-state index contributed by atoms with van der Waals surface area (Å²) in [6, 6.07) is 0. The first kappa shape index (κ1) is 3.72. The van der Waals surface area contributed by atoms with Crippen LogP contribution in [-0.4, -0.2) is 19.8 Å². The molecule has 3 heteroatoms.